The lowest BCUT2D eigenvalue weighted by atomic mass is 9.79. The second kappa shape index (κ2) is 7.04. The molecule has 3 rings (SSSR count). The maximum Gasteiger partial charge on any atom is 0.277 e. The van der Waals surface area contributed by atoms with Crippen molar-refractivity contribution in [3.8, 4) is 0 Å². The summed E-state index contributed by atoms with van der Waals surface area (Å²) < 4.78 is 29.1. The van der Waals surface area contributed by atoms with Crippen LogP contribution in [0.1, 0.15) is 60.8 Å². The smallest absolute Gasteiger partial charge is 0.201 e. The summed E-state index contributed by atoms with van der Waals surface area (Å²) in [4.78, 5) is 0. The van der Waals surface area contributed by atoms with Crippen molar-refractivity contribution in [1.29, 1.82) is 0 Å². The van der Waals surface area contributed by atoms with Gasteiger partial charge in [0.15, 0.2) is 0 Å². The fourth-order valence-electron chi connectivity index (χ4n) is 3.66. The molecular weight excluding hydrogens is 302 g/mol. The molecule has 128 valence electrons. The van der Waals surface area contributed by atoms with Gasteiger partial charge in [0.25, 0.3) is 5.92 Å². The van der Waals surface area contributed by atoms with Crippen LogP contribution >= 0.6 is 0 Å². The molecule has 0 heterocycles. The third kappa shape index (κ3) is 4.03. The first-order valence-electron chi connectivity index (χ1n) is 8.98. The highest BCUT2D eigenvalue weighted by atomic mass is 19.3. The molecule has 2 heteroatoms. The number of hydrogen-bond acceptors (Lipinski definition) is 0. The van der Waals surface area contributed by atoms with Crippen LogP contribution in [0.4, 0.5) is 8.78 Å². The van der Waals surface area contributed by atoms with E-state index >= 15 is 0 Å². The van der Waals surface area contributed by atoms with Crippen LogP contribution in [-0.2, 0) is 12.3 Å². The average molecular weight is 328 g/mol. The van der Waals surface area contributed by atoms with Crippen LogP contribution in [0.25, 0.3) is 0 Å². The van der Waals surface area contributed by atoms with Gasteiger partial charge in [-0.3, -0.25) is 0 Å². The van der Waals surface area contributed by atoms with Crippen LogP contribution in [0.5, 0.6) is 0 Å². The van der Waals surface area contributed by atoms with E-state index in [1.54, 1.807) is 24.3 Å². The molecule has 0 bridgehead atoms. The minimum atomic E-state index is -2.82. The second-order valence-electron chi connectivity index (χ2n) is 7.45. The van der Waals surface area contributed by atoms with Crippen molar-refractivity contribution >= 4 is 0 Å². The van der Waals surface area contributed by atoms with E-state index in [9.17, 15) is 8.78 Å². The van der Waals surface area contributed by atoms with Crippen LogP contribution in [0.2, 0.25) is 0 Å². The molecule has 0 atom stereocenters. The molecule has 0 spiro atoms. The molecule has 0 N–H and O–H groups in total. The van der Waals surface area contributed by atoms with Crippen molar-refractivity contribution in [2.24, 2.45) is 5.92 Å². The van der Waals surface area contributed by atoms with Gasteiger partial charge in [0.05, 0.1) is 0 Å². The van der Waals surface area contributed by atoms with Crippen molar-refractivity contribution < 1.29 is 8.78 Å². The quantitative estimate of drug-likeness (QED) is 0.591. The number of benzene rings is 2. The highest BCUT2D eigenvalue weighted by molar-refractivity contribution is 5.31. The highest BCUT2D eigenvalue weighted by Gasteiger charge is 2.32. The topological polar surface area (TPSA) is 0 Å². The summed E-state index contributed by atoms with van der Waals surface area (Å²) in [5.74, 6) is -1.48. The fraction of sp³-hybridized carbons (Fsp3) is 0.455. The molecular formula is C22H26F2. The normalized spacial score (nSPS) is 21.7. The molecule has 0 radical (unpaired) electrons. The van der Waals surface area contributed by atoms with Crippen LogP contribution < -0.4 is 0 Å². The Morgan fingerprint density at radius 3 is 2.04 bits per heavy atom. The van der Waals surface area contributed by atoms with Gasteiger partial charge < -0.3 is 0 Å². The van der Waals surface area contributed by atoms with E-state index in [1.807, 2.05) is 31.2 Å². The van der Waals surface area contributed by atoms with Gasteiger partial charge in [-0.1, -0.05) is 73.9 Å². The Bertz CT molecular complexity index is 647. The standard InChI is InChI=1S/C22H26F2/c1-16-3-7-18(8-4-16)15-22(23,24)21-13-11-20(12-14-21)19-9-5-17(2)6-10-19/h3-4,7-8,11-14,17,19H,5-6,9-10,15H2,1-2H3. The van der Waals surface area contributed by atoms with Crippen LogP contribution in [0.15, 0.2) is 48.5 Å². The number of alkyl halides is 2. The summed E-state index contributed by atoms with van der Waals surface area (Å²) in [5, 5.41) is 0. The predicted molar refractivity (Wildman–Crippen MR) is 95.6 cm³/mol. The molecule has 1 saturated carbocycles. The zero-order valence-corrected chi connectivity index (χ0v) is 14.6. The minimum absolute atomic E-state index is 0.121. The summed E-state index contributed by atoms with van der Waals surface area (Å²) >= 11 is 0. The SMILES string of the molecule is Cc1ccc(CC(F)(F)c2ccc(C3CCC(C)CC3)cc2)cc1. The largest absolute Gasteiger partial charge is 0.277 e. The Morgan fingerprint density at radius 1 is 0.875 bits per heavy atom. The van der Waals surface area contributed by atoms with Crippen LogP contribution in [0, 0.1) is 12.8 Å². The summed E-state index contributed by atoms with van der Waals surface area (Å²) in [7, 11) is 0. The first-order valence-corrected chi connectivity index (χ1v) is 8.98. The zero-order valence-electron chi connectivity index (χ0n) is 14.6. The maximum atomic E-state index is 14.6. The first kappa shape index (κ1) is 17.1. The first-order chi connectivity index (χ1) is 11.4. The Morgan fingerprint density at radius 2 is 1.46 bits per heavy atom. The van der Waals surface area contributed by atoms with Crippen molar-refractivity contribution in [3.63, 3.8) is 0 Å². The summed E-state index contributed by atoms with van der Waals surface area (Å²) in [6.45, 7) is 4.26. The van der Waals surface area contributed by atoms with E-state index in [4.69, 9.17) is 0 Å². The van der Waals surface area contributed by atoms with Gasteiger partial charge in [0, 0.05) is 12.0 Å². The number of rotatable bonds is 4. The van der Waals surface area contributed by atoms with E-state index in [1.165, 1.54) is 31.2 Å². The van der Waals surface area contributed by atoms with Gasteiger partial charge in [-0.25, -0.2) is 8.78 Å². The lowest BCUT2D eigenvalue weighted by Gasteiger charge is -2.27. The van der Waals surface area contributed by atoms with Crippen molar-refractivity contribution in [1.82, 2.24) is 0 Å². The van der Waals surface area contributed by atoms with Crippen molar-refractivity contribution in [2.75, 3.05) is 0 Å². The Hall–Kier alpha value is -1.70. The third-order valence-electron chi connectivity index (χ3n) is 5.37. The maximum absolute atomic E-state index is 14.6. The highest BCUT2D eigenvalue weighted by Crippen LogP contribution is 2.37. The van der Waals surface area contributed by atoms with Crippen LogP contribution in [0.3, 0.4) is 0 Å². The molecule has 1 aliphatic rings. The molecule has 0 aliphatic heterocycles. The van der Waals surface area contributed by atoms with Gasteiger partial charge in [-0.2, -0.15) is 0 Å². The van der Waals surface area contributed by atoms with Gasteiger partial charge in [0.1, 0.15) is 0 Å². The van der Waals surface area contributed by atoms with Crippen LogP contribution in [-0.4, -0.2) is 0 Å². The fourth-order valence-corrected chi connectivity index (χ4v) is 3.66. The molecule has 24 heavy (non-hydrogen) atoms. The zero-order chi connectivity index (χ0) is 17.2. The number of hydrogen-bond donors (Lipinski definition) is 0. The van der Waals surface area contributed by atoms with Gasteiger partial charge in [0.2, 0.25) is 0 Å². The summed E-state index contributed by atoms with van der Waals surface area (Å²) in [6.07, 6.45) is 4.61. The molecule has 2 aromatic carbocycles. The predicted octanol–water partition coefficient (Wildman–Crippen LogP) is 6.62. The van der Waals surface area contributed by atoms with Crippen molar-refractivity contribution in [3.05, 3.63) is 70.8 Å². The molecule has 2 aromatic rings. The Kier molecular flexibility index (Phi) is 5.03. The monoisotopic (exact) mass is 328 g/mol. The van der Waals surface area contributed by atoms with Crippen molar-refractivity contribution in [2.45, 2.75) is 57.8 Å². The lowest BCUT2D eigenvalue weighted by molar-refractivity contribution is -0.00384. The van der Waals surface area contributed by atoms with Gasteiger partial charge >= 0.3 is 0 Å². The minimum Gasteiger partial charge on any atom is -0.201 e. The number of aryl methyl sites for hydroxylation is 1. The van der Waals surface area contributed by atoms with E-state index in [0.717, 1.165) is 11.5 Å². The number of halogens is 2. The molecule has 0 aromatic heterocycles. The molecule has 0 amide bonds. The summed E-state index contributed by atoms with van der Waals surface area (Å²) in [6, 6.07) is 14.4. The molecule has 0 saturated heterocycles. The van der Waals surface area contributed by atoms with E-state index in [-0.39, 0.29) is 12.0 Å². The molecule has 0 nitrogen and oxygen atoms in total. The second-order valence-corrected chi connectivity index (χ2v) is 7.45. The Balaban J connectivity index is 1.70. The van der Waals surface area contributed by atoms with E-state index in [2.05, 4.69) is 6.92 Å². The molecule has 1 fully saturated rings. The van der Waals surface area contributed by atoms with Gasteiger partial charge in [-0.05, 0) is 42.7 Å². The average Bonchev–Trinajstić information content (AvgIpc) is 2.58. The molecule has 0 unspecified atom stereocenters. The summed E-state index contributed by atoms with van der Waals surface area (Å²) in [5.41, 5.74) is 3.11. The van der Waals surface area contributed by atoms with E-state index in [0.29, 0.717) is 11.5 Å². The van der Waals surface area contributed by atoms with E-state index < -0.39 is 5.92 Å². The Labute approximate surface area is 143 Å². The lowest BCUT2D eigenvalue weighted by Crippen LogP contribution is -2.17. The van der Waals surface area contributed by atoms with Gasteiger partial charge in [-0.15, -0.1) is 0 Å². The third-order valence-corrected chi connectivity index (χ3v) is 5.37. The molecule has 1 aliphatic carbocycles.